The first-order chi connectivity index (χ1) is 10.4. The van der Waals surface area contributed by atoms with Crippen LogP contribution in [0, 0.1) is 6.92 Å². The second kappa shape index (κ2) is 6.69. The van der Waals surface area contributed by atoms with Gasteiger partial charge in [0.1, 0.15) is 10.6 Å². The average Bonchev–Trinajstić information content (AvgIpc) is 2.49. The minimum Gasteiger partial charge on any atom is -0.495 e. The van der Waals surface area contributed by atoms with Gasteiger partial charge in [0.2, 0.25) is 10.0 Å². The van der Waals surface area contributed by atoms with Crippen molar-refractivity contribution >= 4 is 21.6 Å². The molecule has 0 unspecified atom stereocenters. The van der Waals surface area contributed by atoms with E-state index in [1.54, 1.807) is 18.2 Å². The third kappa shape index (κ3) is 3.43. The average molecular weight is 340 g/mol. The Hall–Kier alpha value is -1.56. The van der Waals surface area contributed by atoms with Crippen LogP contribution in [0.3, 0.4) is 0 Å². The number of methoxy groups -OCH3 is 1. The van der Waals surface area contributed by atoms with Crippen molar-refractivity contribution in [3.63, 3.8) is 0 Å². The normalized spacial score (nSPS) is 11.7. The molecule has 22 heavy (non-hydrogen) atoms. The molecular weight excluding hydrogens is 322 g/mol. The molecule has 2 aromatic carbocycles. The van der Waals surface area contributed by atoms with E-state index in [9.17, 15) is 8.42 Å². The van der Waals surface area contributed by atoms with Crippen molar-refractivity contribution < 1.29 is 13.2 Å². The molecule has 0 bridgehead atoms. The number of rotatable bonds is 5. The molecule has 6 heteroatoms. The lowest BCUT2D eigenvalue weighted by Crippen LogP contribution is -2.27. The molecular formula is C16H18ClNO3S. The van der Waals surface area contributed by atoms with E-state index in [0.717, 1.165) is 11.1 Å². The largest absolute Gasteiger partial charge is 0.495 e. The molecule has 0 saturated heterocycles. The Bertz CT molecular complexity index is 775. The Morgan fingerprint density at radius 3 is 2.50 bits per heavy atom. The molecule has 4 nitrogen and oxygen atoms in total. The zero-order valence-electron chi connectivity index (χ0n) is 12.7. The Kier molecular flexibility index (Phi) is 5.11. The third-order valence-corrected chi connectivity index (χ3v) is 5.55. The molecule has 0 heterocycles. The summed E-state index contributed by atoms with van der Waals surface area (Å²) < 4.78 is 32.0. The number of hydrogen-bond donors (Lipinski definition) is 0. The Morgan fingerprint density at radius 1 is 1.18 bits per heavy atom. The number of ether oxygens (including phenoxy) is 1. The number of benzene rings is 2. The van der Waals surface area contributed by atoms with E-state index >= 15 is 0 Å². The van der Waals surface area contributed by atoms with Gasteiger partial charge in [-0.2, -0.15) is 4.31 Å². The minimum atomic E-state index is -3.67. The predicted molar refractivity (Wildman–Crippen MR) is 87.8 cm³/mol. The van der Waals surface area contributed by atoms with Crippen LogP contribution in [0.1, 0.15) is 11.1 Å². The summed E-state index contributed by atoms with van der Waals surface area (Å²) in [5, 5.41) is 0.542. The maximum Gasteiger partial charge on any atom is 0.246 e. The zero-order valence-corrected chi connectivity index (χ0v) is 14.3. The van der Waals surface area contributed by atoms with Gasteiger partial charge in [-0.15, -0.1) is 0 Å². The fourth-order valence-electron chi connectivity index (χ4n) is 2.10. The molecule has 0 saturated carbocycles. The van der Waals surface area contributed by atoms with E-state index in [-0.39, 0.29) is 11.4 Å². The van der Waals surface area contributed by atoms with E-state index in [2.05, 4.69) is 0 Å². The van der Waals surface area contributed by atoms with Crippen LogP contribution >= 0.6 is 11.6 Å². The number of nitrogens with zero attached hydrogens (tertiary/aromatic N) is 1. The van der Waals surface area contributed by atoms with Gasteiger partial charge in [-0.3, -0.25) is 0 Å². The summed E-state index contributed by atoms with van der Waals surface area (Å²) >= 11 is 6.10. The number of aryl methyl sites for hydroxylation is 1. The lowest BCUT2D eigenvalue weighted by Gasteiger charge is -2.19. The van der Waals surface area contributed by atoms with E-state index in [1.807, 2.05) is 31.2 Å². The summed E-state index contributed by atoms with van der Waals surface area (Å²) in [6.45, 7) is 2.03. The molecule has 0 N–H and O–H groups in total. The summed E-state index contributed by atoms with van der Waals surface area (Å²) in [6.07, 6.45) is 0. The first kappa shape index (κ1) is 16.8. The van der Waals surface area contributed by atoms with Gasteiger partial charge in [-0.05, 0) is 36.2 Å². The quantitative estimate of drug-likeness (QED) is 0.837. The topological polar surface area (TPSA) is 46.6 Å². The van der Waals surface area contributed by atoms with E-state index < -0.39 is 10.0 Å². The summed E-state index contributed by atoms with van der Waals surface area (Å²) in [7, 11) is -0.685. The summed E-state index contributed by atoms with van der Waals surface area (Å²) in [4.78, 5) is 0.157. The zero-order chi connectivity index (χ0) is 16.3. The van der Waals surface area contributed by atoms with Crippen molar-refractivity contribution in [3.8, 4) is 5.75 Å². The maximum absolute atomic E-state index is 12.8. The van der Waals surface area contributed by atoms with Crippen molar-refractivity contribution in [1.82, 2.24) is 4.31 Å². The molecule has 0 radical (unpaired) electrons. The fourth-order valence-corrected chi connectivity index (χ4v) is 3.69. The molecule has 0 fully saturated rings. The lowest BCUT2D eigenvalue weighted by atomic mass is 10.2. The van der Waals surface area contributed by atoms with Gasteiger partial charge in [0.15, 0.2) is 0 Å². The molecule has 118 valence electrons. The molecule has 0 aliphatic rings. The number of sulfonamides is 1. The van der Waals surface area contributed by atoms with Gasteiger partial charge in [0.05, 0.1) is 7.11 Å². The van der Waals surface area contributed by atoms with Gasteiger partial charge >= 0.3 is 0 Å². The van der Waals surface area contributed by atoms with Crippen molar-refractivity contribution in [2.75, 3.05) is 14.2 Å². The van der Waals surface area contributed by atoms with Gasteiger partial charge in [0.25, 0.3) is 0 Å². The third-order valence-electron chi connectivity index (χ3n) is 3.36. The highest BCUT2D eigenvalue weighted by Crippen LogP contribution is 2.28. The molecule has 0 aliphatic carbocycles. The smallest absolute Gasteiger partial charge is 0.246 e. The number of halogens is 1. The number of hydrogen-bond acceptors (Lipinski definition) is 3. The summed E-state index contributed by atoms with van der Waals surface area (Å²) in [5.74, 6) is 0.330. The Morgan fingerprint density at radius 2 is 1.86 bits per heavy atom. The second-order valence-corrected chi connectivity index (χ2v) is 7.43. The van der Waals surface area contributed by atoms with Crippen LogP contribution < -0.4 is 4.74 Å². The van der Waals surface area contributed by atoms with Crippen molar-refractivity contribution in [1.29, 1.82) is 0 Å². The van der Waals surface area contributed by atoms with Crippen molar-refractivity contribution in [2.45, 2.75) is 18.4 Å². The van der Waals surface area contributed by atoms with Crippen molar-refractivity contribution in [3.05, 3.63) is 58.6 Å². The molecule has 2 rings (SSSR count). The first-order valence-corrected chi connectivity index (χ1v) is 8.52. The van der Waals surface area contributed by atoms with Crippen LogP contribution in [0.2, 0.25) is 5.02 Å². The Labute approximate surface area is 136 Å². The van der Waals surface area contributed by atoms with E-state index in [1.165, 1.54) is 18.5 Å². The molecule has 0 spiro atoms. The first-order valence-electron chi connectivity index (χ1n) is 6.70. The highest BCUT2D eigenvalue weighted by atomic mass is 35.5. The summed E-state index contributed by atoms with van der Waals surface area (Å²) in [6, 6.07) is 12.3. The van der Waals surface area contributed by atoms with Gasteiger partial charge < -0.3 is 4.74 Å². The van der Waals surface area contributed by atoms with Crippen LogP contribution in [0.25, 0.3) is 0 Å². The fraction of sp³-hybridized carbons (Fsp3) is 0.250. The molecule has 0 aliphatic heterocycles. The van der Waals surface area contributed by atoms with Crippen LogP contribution in [0.15, 0.2) is 47.4 Å². The van der Waals surface area contributed by atoms with Gasteiger partial charge in [-0.25, -0.2) is 8.42 Å². The van der Waals surface area contributed by atoms with Crippen LogP contribution in [0.5, 0.6) is 5.75 Å². The maximum atomic E-state index is 12.8. The highest BCUT2D eigenvalue weighted by Gasteiger charge is 2.25. The van der Waals surface area contributed by atoms with Gasteiger partial charge in [0, 0.05) is 18.6 Å². The van der Waals surface area contributed by atoms with Crippen LogP contribution in [-0.2, 0) is 16.6 Å². The lowest BCUT2D eigenvalue weighted by molar-refractivity contribution is 0.397. The van der Waals surface area contributed by atoms with Crippen LogP contribution in [0.4, 0.5) is 0 Å². The van der Waals surface area contributed by atoms with E-state index in [0.29, 0.717) is 10.8 Å². The van der Waals surface area contributed by atoms with Crippen molar-refractivity contribution in [2.24, 2.45) is 0 Å². The summed E-state index contributed by atoms with van der Waals surface area (Å²) in [5.41, 5.74) is 1.60. The molecule has 0 aromatic heterocycles. The van der Waals surface area contributed by atoms with E-state index in [4.69, 9.17) is 16.3 Å². The minimum absolute atomic E-state index is 0.157. The van der Waals surface area contributed by atoms with Gasteiger partial charge in [-0.1, -0.05) is 35.9 Å². The molecule has 0 atom stereocenters. The molecule has 0 amide bonds. The monoisotopic (exact) mass is 339 g/mol. The standard InChI is InChI=1S/C16H18ClNO3S/c1-12-8-9-15(21-3)16(10-12)22(19,20)18(2)11-13-6-4-5-7-14(13)17/h4-10H,11H2,1-3H3. The predicted octanol–water partition coefficient (Wildman–Crippen LogP) is 3.48. The molecule has 2 aromatic rings. The SMILES string of the molecule is COc1ccc(C)cc1S(=O)(=O)N(C)Cc1ccccc1Cl. The highest BCUT2D eigenvalue weighted by molar-refractivity contribution is 7.89. The second-order valence-electron chi connectivity index (χ2n) is 5.01. The van der Waals surface area contributed by atoms with Crippen LogP contribution in [-0.4, -0.2) is 26.9 Å². The Balaban J connectivity index is 2.38.